The smallest absolute Gasteiger partial charge is 0.410 e. The van der Waals surface area contributed by atoms with Crippen LogP contribution in [0.4, 0.5) is 4.79 Å². The molecule has 3 atom stereocenters. The van der Waals surface area contributed by atoms with Crippen molar-refractivity contribution >= 4 is 12.1 Å². The SMILES string of the molecule is CCOC(=O)CCNC1CC2C=CC1N(C(=O)OC)C2. The summed E-state index contributed by atoms with van der Waals surface area (Å²) in [6.45, 7) is 3.48. The quantitative estimate of drug-likeness (QED) is 0.600. The summed E-state index contributed by atoms with van der Waals surface area (Å²) in [6, 6.07) is 0.182. The number of piperidine rings is 1. The third kappa shape index (κ3) is 3.30. The first-order valence-corrected chi connectivity index (χ1v) is 7.07. The second-order valence-electron chi connectivity index (χ2n) is 5.11. The zero-order chi connectivity index (χ0) is 14.5. The van der Waals surface area contributed by atoms with Crippen molar-refractivity contribution in [3.05, 3.63) is 12.2 Å². The monoisotopic (exact) mass is 282 g/mol. The number of esters is 1. The van der Waals surface area contributed by atoms with Crippen LogP contribution in [0.3, 0.4) is 0 Å². The summed E-state index contributed by atoms with van der Waals surface area (Å²) in [5.41, 5.74) is 0. The Morgan fingerprint density at radius 3 is 2.85 bits per heavy atom. The van der Waals surface area contributed by atoms with Gasteiger partial charge in [-0.1, -0.05) is 12.2 Å². The van der Waals surface area contributed by atoms with Gasteiger partial charge in [-0.2, -0.15) is 0 Å². The lowest BCUT2D eigenvalue weighted by Crippen LogP contribution is -2.59. The molecule has 2 aliphatic heterocycles. The second kappa shape index (κ2) is 6.74. The van der Waals surface area contributed by atoms with Crippen LogP contribution in [0.2, 0.25) is 0 Å². The molecule has 1 N–H and O–H groups in total. The van der Waals surface area contributed by atoms with Gasteiger partial charge in [0, 0.05) is 19.1 Å². The number of nitrogens with zero attached hydrogens (tertiary/aromatic N) is 1. The highest BCUT2D eigenvalue weighted by atomic mass is 16.5. The van der Waals surface area contributed by atoms with Gasteiger partial charge in [0.1, 0.15) is 0 Å². The zero-order valence-corrected chi connectivity index (χ0v) is 12.0. The van der Waals surface area contributed by atoms with E-state index in [-0.39, 0.29) is 24.1 Å². The fourth-order valence-corrected chi connectivity index (χ4v) is 2.89. The van der Waals surface area contributed by atoms with Gasteiger partial charge >= 0.3 is 12.1 Å². The van der Waals surface area contributed by atoms with E-state index in [2.05, 4.69) is 17.5 Å². The van der Waals surface area contributed by atoms with E-state index in [1.807, 2.05) is 0 Å². The van der Waals surface area contributed by atoms with Crippen molar-refractivity contribution in [3.8, 4) is 0 Å². The fraction of sp³-hybridized carbons (Fsp3) is 0.714. The molecule has 0 radical (unpaired) electrons. The maximum absolute atomic E-state index is 11.7. The molecule has 3 aliphatic rings. The minimum Gasteiger partial charge on any atom is -0.466 e. The number of amides is 1. The summed E-state index contributed by atoms with van der Waals surface area (Å²) in [6.07, 6.45) is 5.26. The van der Waals surface area contributed by atoms with Crippen molar-refractivity contribution in [2.24, 2.45) is 5.92 Å². The van der Waals surface area contributed by atoms with E-state index in [0.29, 0.717) is 32.0 Å². The Bertz CT molecular complexity index is 397. The molecular formula is C14H22N2O4. The average molecular weight is 282 g/mol. The minimum absolute atomic E-state index is 0.00893. The van der Waals surface area contributed by atoms with E-state index in [4.69, 9.17) is 9.47 Å². The van der Waals surface area contributed by atoms with E-state index in [1.54, 1.807) is 11.8 Å². The maximum atomic E-state index is 11.7. The summed E-state index contributed by atoms with van der Waals surface area (Å²) in [5, 5.41) is 3.35. The molecule has 0 aromatic carbocycles. The number of nitrogens with one attached hydrogen (secondary N) is 1. The van der Waals surface area contributed by atoms with Crippen molar-refractivity contribution in [3.63, 3.8) is 0 Å². The topological polar surface area (TPSA) is 67.9 Å². The molecule has 2 bridgehead atoms. The van der Waals surface area contributed by atoms with Gasteiger partial charge in [0.15, 0.2) is 0 Å². The molecular weight excluding hydrogens is 260 g/mol. The second-order valence-corrected chi connectivity index (χ2v) is 5.11. The van der Waals surface area contributed by atoms with Crippen LogP contribution in [0.5, 0.6) is 0 Å². The Kier molecular flexibility index (Phi) is 5.00. The highest BCUT2D eigenvalue weighted by molar-refractivity contribution is 5.70. The normalized spacial score (nSPS) is 27.5. The van der Waals surface area contributed by atoms with Crippen LogP contribution in [0.15, 0.2) is 12.2 Å². The number of hydrogen-bond donors (Lipinski definition) is 1. The van der Waals surface area contributed by atoms with Crippen LogP contribution in [0.25, 0.3) is 0 Å². The fourth-order valence-electron chi connectivity index (χ4n) is 2.89. The highest BCUT2D eigenvalue weighted by Crippen LogP contribution is 2.30. The minimum atomic E-state index is -0.291. The molecule has 0 aromatic rings. The largest absolute Gasteiger partial charge is 0.466 e. The van der Waals surface area contributed by atoms with E-state index in [9.17, 15) is 9.59 Å². The predicted molar refractivity (Wildman–Crippen MR) is 73.2 cm³/mol. The van der Waals surface area contributed by atoms with Crippen molar-refractivity contribution in [2.75, 3.05) is 26.8 Å². The van der Waals surface area contributed by atoms with Crippen LogP contribution >= 0.6 is 0 Å². The number of carbonyl (C=O) groups excluding carboxylic acids is 2. The summed E-state index contributed by atoms with van der Waals surface area (Å²) < 4.78 is 9.71. The first-order chi connectivity index (χ1) is 9.65. The van der Waals surface area contributed by atoms with E-state index < -0.39 is 0 Å². The molecule has 112 valence electrons. The van der Waals surface area contributed by atoms with E-state index in [0.717, 1.165) is 6.42 Å². The third-order valence-corrected chi connectivity index (χ3v) is 3.79. The van der Waals surface area contributed by atoms with Gasteiger partial charge < -0.3 is 14.8 Å². The van der Waals surface area contributed by atoms with Crippen LogP contribution in [-0.4, -0.2) is 55.9 Å². The van der Waals surface area contributed by atoms with Crippen molar-refractivity contribution in [1.82, 2.24) is 10.2 Å². The van der Waals surface area contributed by atoms with Gasteiger partial charge in [0.05, 0.1) is 26.2 Å². The molecule has 0 spiro atoms. The Morgan fingerprint density at radius 2 is 2.20 bits per heavy atom. The van der Waals surface area contributed by atoms with Crippen molar-refractivity contribution in [2.45, 2.75) is 31.8 Å². The maximum Gasteiger partial charge on any atom is 0.410 e. The molecule has 1 aliphatic carbocycles. The summed E-state index contributed by atoms with van der Waals surface area (Å²) >= 11 is 0. The lowest BCUT2D eigenvalue weighted by molar-refractivity contribution is -0.143. The van der Waals surface area contributed by atoms with Gasteiger partial charge in [-0.05, 0) is 19.3 Å². The number of carbonyl (C=O) groups is 2. The Labute approximate surface area is 119 Å². The molecule has 20 heavy (non-hydrogen) atoms. The van der Waals surface area contributed by atoms with Gasteiger partial charge in [0.25, 0.3) is 0 Å². The predicted octanol–water partition coefficient (Wildman–Crippen LogP) is 0.924. The van der Waals surface area contributed by atoms with Gasteiger partial charge in [-0.3, -0.25) is 9.69 Å². The van der Waals surface area contributed by atoms with Crippen LogP contribution in [-0.2, 0) is 14.3 Å². The van der Waals surface area contributed by atoms with Crippen LogP contribution in [0.1, 0.15) is 19.8 Å². The van der Waals surface area contributed by atoms with Gasteiger partial charge in [-0.15, -0.1) is 0 Å². The first-order valence-electron chi connectivity index (χ1n) is 7.07. The molecule has 1 saturated heterocycles. The Hall–Kier alpha value is -1.56. The third-order valence-electron chi connectivity index (χ3n) is 3.79. The molecule has 1 fully saturated rings. The van der Waals surface area contributed by atoms with Crippen LogP contribution < -0.4 is 5.32 Å². The lowest BCUT2D eigenvalue weighted by Gasteiger charge is -2.45. The molecule has 3 unspecified atom stereocenters. The van der Waals surface area contributed by atoms with E-state index in [1.165, 1.54) is 7.11 Å². The van der Waals surface area contributed by atoms with Gasteiger partial charge in [0.2, 0.25) is 0 Å². The number of rotatable bonds is 5. The summed E-state index contributed by atoms with van der Waals surface area (Å²) in [5.74, 6) is 0.167. The Balaban J connectivity index is 1.85. The first kappa shape index (κ1) is 14.8. The lowest BCUT2D eigenvalue weighted by atomic mass is 9.82. The number of methoxy groups -OCH3 is 1. The van der Waals surface area contributed by atoms with Gasteiger partial charge in [-0.25, -0.2) is 4.79 Å². The molecule has 6 heteroatoms. The molecule has 0 aromatic heterocycles. The van der Waals surface area contributed by atoms with Crippen molar-refractivity contribution < 1.29 is 19.1 Å². The standard InChI is InChI=1S/C14H22N2O4/c1-3-20-13(17)6-7-15-11-8-10-4-5-12(11)16(9-10)14(18)19-2/h4-5,10-12,15H,3,6-9H2,1-2H3. The zero-order valence-electron chi connectivity index (χ0n) is 12.0. The summed E-state index contributed by atoms with van der Waals surface area (Å²) in [7, 11) is 1.40. The van der Waals surface area contributed by atoms with E-state index >= 15 is 0 Å². The highest BCUT2D eigenvalue weighted by Gasteiger charge is 2.39. The molecule has 3 rings (SSSR count). The molecule has 1 amide bonds. The number of ether oxygens (including phenoxy) is 2. The molecule has 2 heterocycles. The van der Waals surface area contributed by atoms with Crippen LogP contribution in [0, 0.1) is 5.92 Å². The molecule has 6 nitrogen and oxygen atoms in total. The Morgan fingerprint density at radius 1 is 1.40 bits per heavy atom. The summed E-state index contributed by atoms with van der Waals surface area (Å²) in [4.78, 5) is 24.8. The molecule has 0 saturated carbocycles. The van der Waals surface area contributed by atoms with Crippen molar-refractivity contribution in [1.29, 1.82) is 0 Å². The number of fused-ring (bicyclic) bond motifs is 2. The average Bonchev–Trinajstić information content (AvgIpc) is 2.47. The number of hydrogen-bond acceptors (Lipinski definition) is 5.